The highest BCUT2D eigenvalue weighted by Gasteiger charge is 2.08. The number of imidazole rings is 1. The fraction of sp³-hybridized carbons (Fsp3) is 0.625. The van der Waals surface area contributed by atoms with Crippen molar-refractivity contribution in [1.82, 2.24) is 9.55 Å². The van der Waals surface area contributed by atoms with E-state index >= 15 is 0 Å². The van der Waals surface area contributed by atoms with Crippen molar-refractivity contribution in [2.45, 2.75) is 33.2 Å². The minimum atomic E-state index is 0.550. The van der Waals surface area contributed by atoms with Crippen molar-refractivity contribution in [3.05, 3.63) is 16.6 Å². The van der Waals surface area contributed by atoms with Crippen LogP contribution in [0.5, 0.6) is 0 Å². The van der Waals surface area contributed by atoms with Crippen molar-refractivity contribution < 1.29 is 0 Å². The summed E-state index contributed by atoms with van der Waals surface area (Å²) in [6.07, 6.45) is 1.93. The van der Waals surface area contributed by atoms with Gasteiger partial charge in [0, 0.05) is 18.4 Å². The smallest absolute Gasteiger partial charge is 0.177 e. The van der Waals surface area contributed by atoms with Gasteiger partial charge in [0.25, 0.3) is 0 Å². The molecule has 0 unspecified atom stereocenters. The van der Waals surface area contributed by atoms with Gasteiger partial charge in [0.15, 0.2) is 4.73 Å². The molecule has 0 aliphatic carbocycles. The number of halogens is 1. The fourth-order valence-electron chi connectivity index (χ4n) is 1.14. The quantitative estimate of drug-likeness (QED) is 0.744. The maximum Gasteiger partial charge on any atom is 0.177 e. The van der Waals surface area contributed by atoms with Gasteiger partial charge in [0.1, 0.15) is 0 Å². The van der Waals surface area contributed by atoms with Crippen molar-refractivity contribution in [3.63, 3.8) is 0 Å². The summed E-state index contributed by atoms with van der Waals surface area (Å²) in [6, 6.07) is 0. The highest BCUT2D eigenvalue weighted by molar-refractivity contribution is 9.10. The van der Waals surface area contributed by atoms with E-state index in [9.17, 15) is 0 Å². The van der Waals surface area contributed by atoms with Crippen LogP contribution < -0.4 is 0 Å². The molecule has 62 valence electrons. The Kier molecular flexibility index (Phi) is 2.71. The molecule has 1 heterocycles. The molecule has 0 atom stereocenters. The summed E-state index contributed by atoms with van der Waals surface area (Å²) in [7, 11) is 0. The number of hydrogen-bond acceptors (Lipinski definition) is 1. The van der Waals surface area contributed by atoms with Crippen LogP contribution in [0.3, 0.4) is 0 Å². The number of nitrogens with zero attached hydrogens (tertiary/aromatic N) is 2. The van der Waals surface area contributed by atoms with Gasteiger partial charge in [-0.3, -0.25) is 0 Å². The Morgan fingerprint density at radius 2 is 2.27 bits per heavy atom. The molecule has 1 rings (SSSR count). The summed E-state index contributed by atoms with van der Waals surface area (Å²) in [6.45, 7) is 7.46. The highest BCUT2D eigenvalue weighted by Crippen LogP contribution is 2.18. The SMILES string of the molecule is CCn1c(C(C)C)cnc1Br. The minimum absolute atomic E-state index is 0.550. The average molecular weight is 217 g/mol. The largest absolute Gasteiger partial charge is 0.323 e. The summed E-state index contributed by atoms with van der Waals surface area (Å²) in [5, 5.41) is 0. The Bertz CT molecular complexity index is 240. The van der Waals surface area contributed by atoms with Crippen LogP contribution in [0.2, 0.25) is 0 Å². The van der Waals surface area contributed by atoms with Crippen molar-refractivity contribution in [2.75, 3.05) is 0 Å². The zero-order chi connectivity index (χ0) is 8.43. The molecule has 0 N–H and O–H groups in total. The molecule has 1 aromatic heterocycles. The first-order valence-electron chi connectivity index (χ1n) is 3.87. The van der Waals surface area contributed by atoms with Crippen LogP contribution in [0.15, 0.2) is 10.9 Å². The van der Waals surface area contributed by atoms with Gasteiger partial charge < -0.3 is 4.57 Å². The summed E-state index contributed by atoms with van der Waals surface area (Å²) >= 11 is 3.40. The van der Waals surface area contributed by atoms with E-state index in [0.717, 1.165) is 11.3 Å². The van der Waals surface area contributed by atoms with Gasteiger partial charge in [-0.1, -0.05) is 13.8 Å². The van der Waals surface area contributed by atoms with Gasteiger partial charge in [0.05, 0.1) is 0 Å². The maximum atomic E-state index is 4.19. The maximum absolute atomic E-state index is 4.19. The van der Waals surface area contributed by atoms with E-state index in [1.807, 2.05) is 6.20 Å². The second-order valence-corrected chi connectivity index (χ2v) is 3.56. The number of rotatable bonds is 2. The molecule has 0 aliphatic heterocycles. The van der Waals surface area contributed by atoms with E-state index in [0.29, 0.717) is 5.92 Å². The monoisotopic (exact) mass is 216 g/mol. The first-order chi connectivity index (χ1) is 5.16. The van der Waals surface area contributed by atoms with Gasteiger partial charge in [-0.25, -0.2) is 4.98 Å². The third-order valence-corrected chi connectivity index (χ3v) is 2.38. The number of aromatic nitrogens is 2. The van der Waals surface area contributed by atoms with Crippen molar-refractivity contribution in [2.24, 2.45) is 0 Å². The van der Waals surface area contributed by atoms with Crippen molar-refractivity contribution in [1.29, 1.82) is 0 Å². The molecule has 0 saturated heterocycles. The Morgan fingerprint density at radius 1 is 1.64 bits per heavy atom. The van der Waals surface area contributed by atoms with E-state index in [1.165, 1.54) is 5.69 Å². The van der Waals surface area contributed by atoms with Crippen LogP contribution in [0.4, 0.5) is 0 Å². The van der Waals surface area contributed by atoms with Gasteiger partial charge in [-0.15, -0.1) is 0 Å². The molecule has 0 amide bonds. The van der Waals surface area contributed by atoms with Gasteiger partial charge in [-0.05, 0) is 28.8 Å². The first-order valence-corrected chi connectivity index (χ1v) is 4.67. The fourth-order valence-corrected chi connectivity index (χ4v) is 1.70. The molecule has 1 aromatic rings. The predicted molar refractivity (Wildman–Crippen MR) is 49.7 cm³/mol. The second kappa shape index (κ2) is 3.39. The van der Waals surface area contributed by atoms with Crippen molar-refractivity contribution in [3.8, 4) is 0 Å². The van der Waals surface area contributed by atoms with E-state index in [4.69, 9.17) is 0 Å². The molecular formula is C8H13BrN2. The number of hydrogen-bond donors (Lipinski definition) is 0. The van der Waals surface area contributed by atoms with Crippen LogP contribution in [0, 0.1) is 0 Å². The van der Waals surface area contributed by atoms with Crippen LogP contribution in [-0.4, -0.2) is 9.55 Å². The third kappa shape index (κ3) is 1.64. The van der Waals surface area contributed by atoms with Crippen LogP contribution in [-0.2, 0) is 6.54 Å². The molecule has 0 saturated carbocycles. The molecule has 0 aliphatic rings. The third-order valence-electron chi connectivity index (χ3n) is 1.75. The lowest BCUT2D eigenvalue weighted by atomic mass is 10.1. The minimum Gasteiger partial charge on any atom is -0.323 e. The van der Waals surface area contributed by atoms with E-state index in [1.54, 1.807) is 0 Å². The first kappa shape index (κ1) is 8.78. The van der Waals surface area contributed by atoms with E-state index in [2.05, 4.69) is 46.3 Å². The topological polar surface area (TPSA) is 17.8 Å². The van der Waals surface area contributed by atoms with Crippen molar-refractivity contribution >= 4 is 15.9 Å². The molecule has 0 spiro atoms. The summed E-state index contributed by atoms with van der Waals surface area (Å²) < 4.78 is 3.11. The Hall–Kier alpha value is -0.310. The molecule has 0 bridgehead atoms. The second-order valence-electron chi connectivity index (χ2n) is 2.85. The molecule has 11 heavy (non-hydrogen) atoms. The van der Waals surface area contributed by atoms with Gasteiger partial charge in [0.2, 0.25) is 0 Å². The Morgan fingerprint density at radius 3 is 2.64 bits per heavy atom. The summed E-state index contributed by atoms with van der Waals surface area (Å²) in [5.41, 5.74) is 1.29. The molecule has 3 heteroatoms. The highest BCUT2D eigenvalue weighted by atomic mass is 79.9. The lowest BCUT2D eigenvalue weighted by Gasteiger charge is -2.08. The van der Waals surface area contributed by atoms with Gasteiger partial charge in [-0.2, -0.15) is 0 Å². The molecular weight excluding hydrogens is 204 g/mol. The average Bonchev–Trinajstić information content (AvgIpc) is 2.30. The van der Waals surface area contributed by atoms with Gasteiger partial charge >= 0.3 is 0 Å². The summed E-state index contributed by atoms with van der Waals surface area (Å²) in [5.74, 6) is 0.550. The molecule has 2 nitrogen and oxygen atoms in total. The van der Waals surface area contributed by atoms with E-state index in [-0.39, 0.29) is 0 Å². The van der Waals surface area contributed by atoms with Crippen LogP contribution in [0.1, 0.15) is 32.4 Å². The normalized spacial score (nSPS) is 11.0. The van der Waals surface area contributed by atoms with Crippen LogP contribution >= 0.6 is 15.9 Å². The lowest BCUT2D eigenvalue weighted by Crippen LogP contribution is -2.01. The van der Waals surface area contributed by atoms with Crippen LogP contribution in [0.25, 0.3) is 0 Å². The standard InChI is InChI=1S/C8H13BrN2/c1-4-11-7(6(2)3)5-10-8(11)9/h5-6H,4H2,1-3H3. The molecule has 0 radical (unpaired) electrons. The summed E-state index contributed by atoms with van der Waals surface area (Å²) in [4.78, 5) is 4.19. The zero-order valence-electron chi connectivity index (χ0n) is 7.13. The Labute approximate surface area is 75.8 Å². The predicted octanol–water partition coefficient (Wildman–Crippen LogP) is 2.79. The molecule has 0 fully saturated rings. The van der Waals surface area contributed by atoms with E-state index < -0.39 is 0 Å². The zero-order valence-corrected chi connectivity index (χ0v) is 8.72. The Balaban J connectivity index is 3.05. The lowest BCUT2D eigenvalue weighted by molar-refractivity contribution is 0.659. The molecule has 0 aromatic carbocycles.